The maximum Gasteiger partial charge on any atom is 0.313 e. The lowest BCUT2D eigenvalue weighted by Crippen LogP contribution is -2.42. The van der Waals surface area contributed by atoms with Gasteiger partial charge in [0, 0.05) is 6.54 Å². The van der Waals surface area contributed by atoms with Gasteiger partial charge in [-0.25, -0.2) is 0 Å². The van der Waals surface area contributed by atoms with Crippen molar-refractivity contribution in [3.63, 3.8) is 0 Å². The van der Waals surface area contributed by atoms with Crippen molar-refractivity contribution in [2.45, 2.75) is 31.7 Å². The smallest absolute Gasteiger partial charge is 0.313 e. The van der Waals surface area contributed by atoms with Crippen LogP contribution < -0.4 is 15.4 Å². The first-order chi connectivity index (χ1) is 13.7. The van der Waals surface area contributed by atoms with Crippen molar-refractivity contribution in [2.75, 3.05) is 32.1 Å². The molecule has 7 heteroatoms. The Labute approximate surface area is 169 Å². The first-order valence-electron chi connectivity index (χ1n) is 9.67. The summed E-state index contributed by atoms with van der Waals surface area (Å²) in [7, 11) is 1.53. The Kier molecular flexibility index (Phi) is 7.45. The molecule has 28 heavy (non-hydrogen) atoms. The summed E-state index contributed by atoms with van der Waals surface area (Å²) in [6, 6.07) is 9.21. The zero-order valence-electron chi connectivity index (χ0n) is 16.1. The Bertz CT molecular complexity index is 771. The molecular weight excluding hydrogens is 374 g/mol. The van der Waals surface area contributed by atoms with Gasteiger partial charge in [-0.3, -0.25) is 14.5 Å². The van der Waals surface area contributed by atoms with E-state index in [0.717, 1.165) is 13.1 Å². The molecule has 1 aliphatic rings. The predicted molar refractivity (Wildman–Crippen MR) is 112 cm³/mol. The predicted octanol–water partition coefficient (Wildman–Crippen LogP) is 3.43. The van der Waals surface area contributed by atoms with Crippen LogP contribution in [-0.4, -0.2) is 43.5 Å². The quantitative estimate of drug-likeness (QED) is 0.728. The zero-order chi connectivity index (χ0) is 19.8. The summed E-state index contributed by atoms with van der Waals surface area (Å²) in [5.74, 6) is -0.810. The second-order valence-corrected chi connectivity index (χ2v) is 7.67. The molecule has 0 radical (unpaired) electrons. The number of rotatable bonds is 6. The summed E-state index contributed by atoms with van der Waals surface area (Å²) >= 11 is 1.65. The SMILES string of the molecule is COc1ccccc1NC(=O)C(=O)NCC(c1ccsc1)N1CCCCCC1. The molecule has 3 rings (SSSR count). The zero-order valence-corrected chi connectivity index (χ0v) is 17.0. The standard InChI is InChI=1S/C21H27N3O3S/c1-27-19-9-5-4-8-17(19)23-21(26)20(25)22-14-18(16-10-13-28-15-16)24-11-6-2-3-7-12-24/h4-5,8-10,13,15,18H,2-3,6-7,11-12,14H2,1H3,(H,22,25)(H,23,26). The molecule has 0 aliphatic carbocycles. The van der Waals surface area contributed by atoms with E-state index in [-0.39, 0.29) is 6.04 Å². The Morgan fingerprint density at radius 1 is 1.11 bits per heavy atom. The van der Waals surface area contributed by atoms with E-state index in [9.17, 15) is 9.59 Å². The molecule has 1 aromatic carbocycles. The number of para-hydroxylation sites is 2. The minimum Gasteiger partial charge on any atom is -0.495 e. The van der Waals surface area contributed by atoms with Crippen molar-refractivity contribution in [3.8, 4) is 5.75 Å². The Morgan fingerprint density at radius 2 is 1.86 bits per heavy atom. The molecule has 2 aromatic rings. The number of nitrogens with one attached hydrogen (secondary N) is 2. The van der Waals surface area contributed by atoms with Crippen molar-refractivity contribution in [1.29, 1.82) is 0 Å². The molecule has 6 nitrogen and oxygen atoms in total. The molecule has 2 N–H and O–H groups in total. The van der Waals surface area contributed by atoms with Gasteiger partial charge in [0.2, 0.25) is 0 Å². The number of anilines is 1. The van der Waals surface area contributed by atoms with Crippen molar-refractivity contribution < 1.29 is 14.3 Å². The van der Waals surface area contributed by atoms with Crippen molar-refractivity contribution >= 4 is 28.8 Å². The summed E-state index contributed by atoms with van der Waals surface area (Å²) in [6.07, 6.45) is 4.84. The first-order valence-corrected chi connectivity index (χ1v) is 10.6. The molecule has 0 spiro atoms. The molecule has 2 amide bonds. The maximum atomic E-state index is 12.4. The molecule has 1 aromatic heterocycles. The summed E-state index contributed by atoms with van der Waals surface area (Å²) in [6.45, 7) is 2.45. The van der Waals surface area contributed by atoms with Gasteiger partial charge in [0.25, 0.3) is 0 Å². The van der Waals surface area contributed by atoms with Crippen LogP contribution in [0.5, 0.6) is 5.75 Å². The second-order valence-electron chi connectivity index (χ2n) is 6.89. The number of ether oxygens (including phenoxy) is 1. The third-order valence-electron chi connectivity index (χ3n) is 5.03. The van der Waals surface area contributed by atoms with Gasteiger partial charge in [-0.2, -0.15) is 11.3 Å². The summed E-state index contributed by atoms with van der Waals surface area (Å²) in [5, 5.41) is 9.61. The molecular formula is C21H27N3O3S. The molecule has 2 heterocycles. The van der Waals surface area contributed by atoms with Crippen LogP contribution in [0.25, 0.3) is 0 Å². The number of thiophene rings is 1. The third-order valence-corrected chi connectivity index (χ3v) is 5.73. The molecule has 1 atom stereocenters. The minimum absolute atomic E-state index is 0.0901. The number of benzene rings is 1. The highest BCUT2D eigenvalue weighted by atomic mass is 32.1. The highest BCUT2D eigenvalue weighted by molar-refractivity contribution is 7.08. The third kappa shape index (κ3) is 5.33. The maximum absolute atomic E-state index is 12.4. The van der Waals surface area contributed by atoms with E-state index in [1.54, 1.807) is 35.6 Å². The Balaban J connectivity index is 1.62. The number of carbonyl (C=O) groups is 2. The first kappa shape index (κ1) is 20.4. The number of methoxy groups -OCH3 is 1. The van der Waals surface area contributed by atoms with Crippen LogP contribution in [0.1, 0.15) is 37.3 Å². The number of hydrogen-bond donors (Lipinski definition) is 2. The normalized spacial score (nSPS) is 16.0. The fraction of sp³-hybridized carbons (Fsp3) is 0.429. The minimum atomic E-state index is -0.690. The highest BCUT2D eigenvalue weighted by Gasteiger charge is 2.24. The van der Waals surface area contributed by atoms with Gasteiger partial charge < -0.3 is 15.4 Å². The van der Waals surface area contributed by atoms with E-state index in [1.807, 2.05) is 0 Å². The van der Waals surface area contributed by atoms with Gasteiger partial charge in [0.05, 0.1) is 18.8 Å². The fourth-order valence-corrected chi connectivity index (χ4v) is 4.23. The Morgan fingerprint density at radius 3 is 2.54 bits per heavy atom. The molecule has 1 unspecified atom stereocenters. The van der Waals surface area contributed by atoms with Crippen molar-refractivity contribution in [1.82, 2.24) is 10.2 Å². The average Bonchev–Trinajstić information content (AvgIpc) is 3.11. The highest BCUT2D eigenvalue weighted by Crippen LogP contribution is 2.26. The van der Waals surface area contributed by atoms with E-state index < -0.39 is 11.8 Å². The molecule has 1 fully saturated rings. The van der Waals surface area contributed by atoms with Crippen LogP contribution in [0.2, 0.25) is 0 Å². The van der Waals surface area contributed by atoms with Crippen molar-refractivity contribution in [2.24, 2.45) is 0 Å². The van der Waals surface area contributed by atoms with Crippen LogP contribution in [-0.2, 0) is 9.59 Å². The summed E-state index contributed by atoms with van der Waals surface area (Å²) in [4.78, 5) is 27.1. The van der Waals surface area contributed by atoms with Crippen molar-refractivity contribution in [3.05, 3.63) is 46.7 Å². The van der Waals surface area contributed by atoms with E-state index in [2.05, 4.69) is 32.4 Å². The number of amides is 2. The molecule has 0 saturated carbocycles. The van der Waals surface area contributed by atoms with Crippen LogP contribution in [0.3, 0.4) is 0 Å². The van der Waals surface area contributed by atoms with Crippen LogP contribution in [0, 0.1) is 0 Å². The number of nitrogens with zero attached hydrogens (tertiary/aromatic N) is 1. The lowest BCUT2D eigenvalue weighted by Gasteiger charge is -2.30. The fourth-order valence-electron chi connectivity index (χ4n) is 3.53. The van der Waals surface area contributed by atoms with Crippen LogP contribution in [0.15, 0.2) is 41.1 Å². The lowest BCUT2D eigenvalue weighted by molar-refractivity contribution is -0.136. The number of likely N-dealkylation sites (tertiary alicyclic amines) is 1. The molecule has 0 bridgehead atoms. The summed E-state index contributed by atoms with van der Waals surface area (Å²) < 4.78 is 5.21. The van der Waals surface area contributed by atoms with Gasteiger partial charge in [-0.05, 0) is 60.5 Å². The average molecular weight is 402 g/mol. The van der Waals surface area contributed by atoms with Gasteiger partial charge in [-0.15, -0.1) is 0 Å². The molecule has 1 saturated heterocycles. The molecule has 1 aliphatic heterocycles. The van der Waals surface area contributed by atoms with Gasteiger partial charge in [-0.1, -0.05) is 25.0 Å². The van der Waals surface area contributed by atoms with Crippen LogP contribution in [0.4, 0.5) is 5.69 Å². The van der Waals surface area contributed by atoms with Crippen LogP contribution >= 0.6 is 11.3 Å². The lowest BCUT2D eigenvalue weighted by atomic mass is 10.1. The number of carbonyl (C=O) groups excluding carboxylic acids is 2. The van der Waals surface area contributed by atoms with Gasteiger partial charge in [0.1, 0.15) is 5.75 Å². The Hall–Kier alpha value is -2.38. The largest absolute Gasteiger partial charge is 0.495 e. The topological polar surface area (TPSA) is 70.7 Å². The monoisotopic (exact) mass is 401 g/mol. The second kappa shape index (κ2) is 10.2. The van der Waals surface area contributed by atoms with E-state index in [4.69, 9.17) is 4.74 Å². The number of hydrogen-bond acceptors (Lipinski definition) is 5. The molecule has 150 valence electrons. The van der Waals surface area contributed by atoms with E-state index in [1.165, 1.54) is 38.4 Å². The summed E-state index contributed by atoms with van der Waals surface area (Å²) in [5.41, 5.74) is 1.67. The van der Waals surface area contributed by atoms with Gasteiger partial charge >= 0.3 is 11.8 Å². The van der Waals surface area contributed by atoms with E-state index >= 15 is 0 Å². The van der Waals surface area contributed by atoms with Gasteiger partial charge in [0.15, 0.2) is 0 Å². The van der Waals surface area contributed by atoms with E-state index in [0.29, 0.717) is 18.0 Å².